The summed E-state index contributed by atoms with van der Waals surface area (Å²) >= 11 is 6.14. The molecule has 0 aliphatic heterocycles. The van der Waals surface area contributed by atoms with Crippen LogP contribution in [0.2, 0.25) is 5.02 Å². The minimum Gasteiger partial charge on any atom is -0.444 e. The lowest BCUT2D eigenvalue weighted by Gasteiger charge is -2.20. The summed E-state index contributed by atoms with van der Waals surface area (Å²) in [5.41, 5.74) is 0.925. The number of halogens is 1. The van der Waals surface area contributed by atoms with Crippen molar-refractivity contribution in [1.82, 2.24) is 0 Å². The van der Waals surface area contributed by atoms with E-state index in [4.69, 9.17) is 16.3 Å². The first-order valence-corrected chi connectivity index (χ1v) is 9.71. The standard InChI is InChI=1S/C18H21ClN2O4S/c1-12-5-8-14(9-6-12)26(23,24)21-13-7-10-16(15(19)11-13)20-17(22)25-18(2,3)4/h5-11,21H,1-4H3,(H,20,22). The number of aryl methyl sites for hydroxylation is 1. The van der Waals surface area contributed by atoms with Crippen LogP contribution < -0.4 is 10.0 Å². The van der Waals surface area contributed by atoms with Crippen molar-refractivity contribution in [2.75, 3.05) is 10.0 Å². The molecule has 1 amide bonds. The van der Waals surface area contributed by atoms with E-state index in [1.807, 2.05) is 6.92 Å². The minimum absolute atomic E-state index is 0.148. The Morgan fingerprint density at radius 3 is 2.23 bits per heavy atom. The molecule has 0 bridgehead atoms. The van der Waals surface area contributed by atoms with E-state index >= 15 is 0 Å². The van der Waals surface area contributed by atoms with Gasteiger partial charge in [-0.05, 0) is 58.0 Å². The summed E-state index contributed by atoms with van der Waals surface area (Å²) in [6, 6.07) is 10.9. The maximum absolute atomic E-state index is 12.4. The Kier molecular flexibility index (Phi) is 5.83. The van der Waals surface area contributed by atoms with E-state index in [-0.39, 0.29) is 15.6 Å². The van der Waals surface area contributed by atoms with Gasteiger partial charge in [0.15, 0.2) is 0 Å². The van der Waals surface area contributed by atoms with Crippen molar-refractivity contribution in [3.8, 4) is 0 Å². The molecule has 26 heavy (non-hydrogen) atoms. The molecule has 0 atom stereocenters. The molecule has 140 valence electrons. The smallest absolute Gasteiger partial charge is 0.412 e. The Labute approximate surface area is 158 Å². The van der Waals surface area contributed by atoms with Crippen molar-refractivity contribution in [3.63, 3.8) is 0 Å². The third kappa shape index (κ3) is 5.64. The van der Waals surface area contributed by atoms with Crippen molar-refractivity contribution in [2.45, 2.75) is 38.2 Å². The highest BCUT2D eigenvalue weighted by atomic mass is 35.5. The van der Waals surface area contributed by atoms with Crippen LogP contribution in [-0.2, 0) is 14.8 Å². The summed E-state index contributed by atoms with van der Waals surface area (Å²) < 4.78 is 32.4. The predicted molar refractivity (Wildman–Crippen MR) is 103 cm³/mol. The number of sulfonamides is 1. The molecule has 2 aromatic carbocycles. The van der Waals surface area contributed by atoms with Gasteiger partial charge in [0.05, 0.1) is 21.3 Å². The highest BCUT2D eigenvalue weighted by Gasteiger charge is 2.18. The highest BCUT2D eigenvalue weighted by Crippen LogP contribution is 2.27. The van der Waals surface area contributed by atoms with Gasteiger partial charge in [0.2, 0.25) is 0 Å². The fourth-order valence-electron chi connectivity index (χ4n) is 2.03. The van der Waals surface area contributed by atoms with Gasteiger partial charge < -0.3 is 4.74 Å². The lowest BCUT2D eigenvalue weighted by atomic mass is 10.2. The number of nitrogens with one attached hydrogen (secondary N) is 2. The van der Waals surface area contributed by atoms with Crippen LogP contribution >= 0.6 is 11.6 Å². The molecule has 2 aromatic rings. The number of benzene rings is 2. The fraction of sp³-hybridized carbons (Fsp3) is 0.278. The van der Waals surface area contributed by atoms with Gasteiger partial charge in [-0.2, -0.15) is 0 Å². The van der Waals surface area contributed by atoms with Crippen LogP contribution in [0.4, 0.5) is 16.2 Å². The molecule has 0 heterocycles. The average Bonchev–Trinajstić information content (AvgIpc) is 2.48. The molecule has 0 spiro atoms. The van der Waals surface area contributed by atoms with Crippen LogP contribution in [0, 0.1) is 6.92 Å². The number of hydrogen-bond donors (Lipinski definition) is 2. The summed E-state index contributed by atoms with van der Waals surface area (Å²) in [7, 11) is -3.73. The Morgan fingerprint density at radius 2 is 1.69 bits per heavy atom. The van der Waals surface area contributed by atoms with Crippen LogP contribution in [-0.4, -0.2) is 20.1 Å². The zero-order valence-electron chi connectivity index (χ0n) is 15.0. The molecule has 0 aliphatic rings. The van der Waals surface area contributed by atoms with Gasteiger partial charge in [0.25, 0.3) is 10.0 Å². The summed E-state index contributed by atoms with van der Waals surface area (Å²) in [6.45, 7) is 7.12. The third-order valence-electron chi connectivity index (χ3n) is 3.19. The van der Waals surface area contributed by atoms with Crippen molar-refractivity contribution in [1.29, 1.82) is 0 Å². The maximum Gasteiger partial charge on any atom is 0.412 e. The molecule has 8 heteroatoms. The number of anilines is 2. The first kappa shape index (κ1) is 20.1. The molecular weight excluding hydrogens is 376 g/mol. The number of rotatable bonds is 4. The van der Waals surface area contributed by atoms with E-state index in [1.54, 1.807) is 32.9 Å². The van der Waals surface area contributed by atoms with Crippen LogP contribution in [0.3, 0.4) is 0 Å². The molecule has 2 N–H and O–H groups in total. The van der Waals surface area contributed by atoms with E-state index in [0.717, 1.165) is 5.56 Å². The minimum atomic E-state index is -3.73. The zero-order valence-corrected chi connectivity index (χ0v) is 16.5. The summed E-state index contributed by atoms with van der Waals surface area (Å²) in [5.74, 6) is 0. The summed E-state index contributed by atoms with van der Waals surface area (Å²) in [5, 5.41) is 2.70. The lowest BCUT2D eigenvalue weighted by molar-refractivity contribution is 0.0636. The van der Waals surface area contributed by atoms with Crippen LogP contribution in [0.15, 0.2) is 47.4 Å². The fourth-order valence-corrected chi connectivity index (χ4v) is 3.30. The van der Waals surface area contributed by atoms with Crippen molar-refractivity contribution >= 4 is 39.1 Å². The lowest BCUT2D eigenvalue weighted by Crippen LogP contribution is -2.27. The second-order valence-corrected chi connectivity index (χ2v) is 8.83. The third-order valence-corrected chi connectivity index (χ3v) is 4.90. The SMILES string of the molecule is Cc1ccc(S(=O)(=O)Nc2ccc(NC(=O)OC(C)(C)C)c(Cl)c2)cc1. The van der Waals surface area contributed by atoms with Crippen molar-refractivity contribution < 1.29 is 17.9 Å². The Hall–Kier alpha value is -2.25. The molecule has 0 aromatic heterocycles. The second kappa shape index (κ2) is 7.55. The molecule has 6 nitrogen and oxygen atoms in total. The molecule has 0 unspecified atom stereocenters. The number of hydrogen-bond acceptors (Lipinski definition) is 4. The Morgan fingerprint density at radius 1 is 1.08 bits per heavy atom. The number of ether oxygens (including phenoxy) is 1. The maximum atomic E-state index is 12.4. The zero-order chi connectivity index (χ0) is 19.5. The van der Waals surface area contributed by atoms with Gasteiger partial charge in [0.1, 0.15) is 5.60 Å². The monoisotopic (exact) mass is 396 g/mol. The van der Waals surface area contributed by atoms with Gasteiger partial charge in [0, 0.05) is 0 Å². The molecular formula is C18H21ClN2O4S. The van der Waals surface area contributed by atoms with E-state index < -0.39 is 21.7 Å². The first-order chi connectivity index (χ1) is 12.0. The van der Waals surface area contributed by atoms with Gasteiger partial charge in [-0.25, -0.2) is 13.2 Å². The van der Waals surface area contributed by atoms with Crippen LogP contribution in [0.5, 0.6) is 0 Å². The van der Waals surface area contributed by atoms with Gasteiger partial charge >= 0.3 is 6.09 Å². The summed E-state index contributed by atoms with van der Waals surface area (Å²) in [6.07, 6.45) is -0.646. The quantitative estimate of drug-likeness (QED) is 0.777. The molecule has 0 saturated heterocycles. The van der Waals surface area contributed by atoms with E-state index in [0.29, 0.717) is 5.69 Å². The number of carbonyl (C=O) groups excluding carboxylic acids is 1. The highest BCUT2D eigenvalue weighted by molar-refractivity contribution is 7.92. The molecule has 2 rings (SSSR count). The van der Waals surface area contributed by atoms with Crippen LogP contribution in [0.1, 0.15) is 26.3 Å². The predicted octanol–water partition coefficient (Wildman–Crippen LogP) is 4.80. The largest absolute Gasteiger partial charge is 0.444 e. The molecule has 0 aliphatic carbocycles. The van der Waals surface area contributed by atoms with E-state index in [2.05, 4.69) is 10.0 Å². The molecule has 0 radical (unpaired) electrons. The first-order valence-electron chi connectivity index (χ1n) is 7.85. The van der Waals surface area contributed by atoms with E-state index in [1.165, 1.54) is 30.3 Å². The molecule has 0 saturated carbocycles. The Bertz CT molecular complexity index is 904. The second-order valence-electron chi connectivity index (χ2n) is 6.74. The van der Waals surface area contributed by atoms with Crippen molar-refractivity contribution in [2.24, 2.45) is 0 Å². The average molecular weight is 397 g/mol. The topological polar surface area (TPSA) is 84.5 Å². The van der Waals surface area contributed by atoms with Crippen molar-refractivity contribution in [3.05, 3.63) is 53.1 Å². The number of carbonyl (C=O) groups is 1. The van der Waals surface area contributed by atoms with Gasteiger partial charge in [-0.1, -0.05) is 29.3 Å². The van der Waals surface area contributed by atoms with Crippen LogP contribution in [0.25, 0.3) is 0 Å². The molecule has 0 fully saturated rings. The summed E-state index contributed by atoms with van der Waals surface area (Å²) in [4.78, 5) is 12.0. The normalized spacial score (nSPS) is 11.7. The van der Waals surface area contributed by atoms with Gasteiger partial charge in [-0.15, -0.1) is 0 Å². The number of amides is 1. The Balaban J connectivity index is 2.14. The van der Waals surface area contributed by atoms with Gasteiger partial charge in [-0.3, -0.25) is 10.0 Å². The van der Waals surface area contributed by atoms with E-state index in [9.17, 15) is 13.2 Å².